The van der Waals surface area contributed by atoms with Gasteiger partial charge in [-0.15, -0.1) is 0 Å². The van der Waals surface area contributed by atoms with E-state index in [4.69, 9.17) is 0 Å². The monoisotopic (exact) mass is 127 g/mol. The average molecular weight is 127 g/mol. The topological polar surface area (TPSA) is 0 Å². The van der Waals surface area contributed by atoms with Crippen molar-refractivity contribution in [3.8, 4) is 0 Å². The van der Waals surface area contributed by atoms with Crippen LogP contribution in [0.5, 0.6) is 0 Å². The molecule has 0 unspecified atom stereocenters. The van der Waals surface area contributed by atoms with Crippen LogP contribution in [0.15, 0.2) is 0 Å². The molecule has 0 aliphatic rings. The summed E-state index contributed by atoms with van der Waals surface area (Å²) in [5.74, 6) is 1.54. The number of hydrogen-bond acceptors (Lipinski definition) is 0. The van der Waals surface area contributed by atoms with Crippen LogP contribution in [0.4, 0.5) is 0 Å². The van der Waals surface area contributed by atoms with E-state index in [1.54, 1.807) is 5.92 Å². The molecule has 0 saturated carbocycles. The second-order valence-corrected chi connectivity index (χ2v) is 3.90. The van der Waals surface area contributed by atoms with Crippen molar-refractivity contribution >= 4 is 0 Å². The highest BCUT2D eigenvalue weighted by atomic mass is 14.2. The van der Waals surface area contributed by atoms with Crippen LogP contribution >= 0.6 is 0 Å². The van der Waals surface area contributed by atoms with Gasteiger partial charge >= 0.3 is 0 Å². The Kier molecular flexibility index (Phi) is 3.10. The zero-order valence-electron chi connectivity index (χ0n) is 7.41. The van der Waals surface area contributed by atoms with E-state index >= 15 is 0 Å². The highest BCUT2D eigenvalue weighted by Gasteiger charge is 2.22. The van der Waals surface area contributed by atoms with Crippen molar-refractivity contribution in [2.45, 2.75) is 47.5 Å². The van der Waals surface area contributed by atoms with Crippen LogP contribution in [-0.4, -0.2) is 0 Å². The first-order valence-electron chi connectivity index (χ1n) is 3.77. The van der Waals surface area contributed by atoms with E-state index in [2.05, 4.69) is 34.6 Å². The lowest BCUT2D eigenvalue weighted by Gasteiger charge is -2.18. The van der Waals surface area contributed by atoms with Crippen LogP contribution in [0.2, 0.25) is 0 Å². The summed E-state index contributed by atoms with van der Waals surface area (Å²) in [5.41, 5.74) is 0.527. The van der Waals surface area contributed by atoms with Crippen molar-refractivity contribution < 1.29 is 0 Å². The van der Waals surface area contributed by atoms with Crippen molar-refractivity contribution in [3.05, 3.63) is 5.92 Å². The maximum atomic E-state index is 2.32. The van der Waals surface area contributed by atoms with E-state index < -0.39 is 0 Å². The van der Waals surface area contributed by atoms with Gasteiger partial charge in [0.1, 0.15) is 0 Å². The second-order valence-electron chi connectivity index (χ2n) is 3.90. The molecule has 9 heavy (non-hydrogen) atoms. The van der Waals surface area contributed by atoms with E-state index in [1.165, 1.54) is 12.8 Å². The fraction of sp³-hybridized carbons (Fsp3) is 0.889. The van der Waals surface area contributed by atoms with Gasteiger partial charge < -0.3 is 0 Å². The van der Waals surface area contributed by atoms with Gasteiger partial charge in [0.15, 0.2) is 0 Å². The lowest BCUT2D eigenvalue weighted by Crippen LogP contribution is -2.11. The highest BCUT2D eigenvalue weighted by Crippen LogP contribution is 2.28. The summed E-state index contributed by atoms with van der Waals surface area (Å²) in [4.78, 5) is 0. The molecule has 0 radical (unpaired) electrons. The van der Waals surface area contributed by atoms with Gasteiger partial charge in [-0.25, -0.2) is 0 Å². The predicted octanol–water partition coefficient (Wildman–Crippen LogP) is 3.43. The third kappa shape index (κ3) is 4.38. The van der Waals surface area contributed by atoms with Crippen molar-refractivity contribution in [2.75, 3.05) is 0 Å². The van der Waals surface area contributed by atoms with E-state index in [-0.39, 0.29) is 0 Å². The molecular formula is C9H19+. The van der Waals surface area contributed by atoms with Gasteiger partial charge in [-0.1, -0.05) is 20.8 Å². The van der Waals surface area contributed by atoms with Crippen LogP contribution in [0.25, 0.3) is 0 Å². The molecule has 54 valence electrons. The molecule has 0 heterocycles. The smallest absolute Gasteiger partial charge is 0.0647 e. The largest absolute Gasteiger partial charge is 0.0944 e. The normalized spacial score (nSPS) is 11.7. The van der Waals surface area contributed by atoms with E-state index in [0.29, 0.717) is 5.41 Å². The number of rotatable bonds is 3. The zero-order valence-corrected chi connectivity index (χ0v) is 7.41. The molecular weight excluding hydrogens is 108 g/mol. The molecule has 0 bridgehead atoms. The fourth-order valence-electron chi connectivity index (χ4n) is 1.08. The first kappa shape index (κ1) is 8.87. The molecule has 0 aliphatic carbocycles. The summed E-state index contributed by atoms with van der Waals surface area (Å²) in [6, 6.07) is 0. The summed E-state index contributed by atoms with van der Waals surface area (Å²) in [6.45, 7) is 11.3. The third-order valence-electron chi connectivity index (χ3n) is 1.79. The van der Waals surface area contributed by atoms with E-state index in [9.17, 15) is 0 Å². The Hall–Kier alpha value is -0.130. The molecule has 0 fully saturated rings. The molecule has 0 rings (SSSR count). The first-order chi connectivity index (χ1) is 3.98. The van der Waals surface area contributed by atoms with Crippen LogP contribution in [-0.2, 0) is 0 Å². The molecule has 0 aromatic carbocycles. The summed E-state index contributed by atoms with van der Waals surface area (Å²) in [5, 5.41) is 0. The van der Waals surface area contributed by atoms with Crippen LogP contribution in [0, 0.1) is 11.3 Å². The third-order valence-corrected chi connectivity index (χ3v) is 1.79. The second kappa shape index (κ2) is 3.14. The highest BCUT2D eigenvalue weighted by molar-refractivity contribution is 4.84. The molecule has 0 spiro atoms. The lowest BCUT2D eigenvalue weighted by atomic mass is 9.82. The van der Waals surface area contributed by atoms with Gasteiger partial charge in [-0.2, -0.15) is 0 Å². The molecule has 0 aromatic rings. The van der Waals surface area contributed by atoms with Crippen molar-refractivity contribution in [1.29, 1.82) is 0 Å². The molecule has 0 aromatic heterocycles. The standard InChI is InChI=1S/C9H19/c1-6-9(4,5)7-8(2)3/h6-7H2,1-5H3/q+1. The molecule has 0 aliphatic heterocycles. The van der Waals surface area contributed by atoms with Gasteiger partial charge in [0.25, 0.3) is 0 Å². The molecule has 0 nitrogen and oxygen atoms in total. The van der Waals surface area contributed by atoms with Gasteiger partial charge in [0.2, 0.25) is 0 Å². The molecule has 0 amide bonds. The summed E-state index contributed by atoms with van der Waals surface area (Å²) < 4.78 is 0. The molecule has 0 heteroatoms. The lowest BCUT2D eigenvalue weighted by molar-refractivity contribution is 0.332. The quantitative estimate of drug-likeness (QED) is 0.509. The molecule has 0 atom stereocenters. The Labute approximate surface area is 59.7 Å². The predicted molar refractivity (Wildman–Crippen MR) is 43.3 cm³/mol. The Balaban J connectivity index is 3.58. The van der Waals surface area contributed by atoms with E-state index in [1.807, 2.05) is 0 Å². The Morgan fingerprint density at radius 3 is 1.78 bits per heavy atom. The SMILES string of the molecule is CCC(C)(C)C[C+](C)C. The zero-order chi connectivity index (χ0) is 7.49. The summed E-state index contributed by atoms with van der Waals surface area (Å²) in [6.07, 6.45) is 2.54. The van der Waals surface area contributed by atoms with Crippen LogP contribution in [0.1, 0.15) is 47.5 Å². The van der Waals surface area contributed by atoms with Gasteiger partial charge in [-0.05, 0) is 6.42 Å². The van der Waals surface area contributed by atoms with Gasteiger partial charge in [0, 0.05) is 5.41 Å². The minimum Gasteiger partial charge on any atom is -0.0647 e. The summed E-state index contributed by atoms with van der Waals surface area (Å²) in [7, 11) is 0. The average Bonchev–Trinajstić information content (AvgIpc) is 1.63. The molecule has 0 N–H and O–H groups in total. The Bertz CT molecular complexity index is 70.1. The van der Waals surface area contributed by atoms with Gasteiger partial charge in [-0.3, -0.25) is 0 Å². The maximum Gasteiger partial charge on any atom is 0.0944 e. The minimum absolute atomic E-state index is 0.527. The van der Waals surface area contributed by atoms with Crippen molar-refractivity contribution in [1.82, 2.24) is 0 Å². The first-order valence-corrected chi connectivity index (χ1v) is 3.77. The maximum absolute atomic E-state index is 2.32. The Morgan fingerprint density at radius 2 is 1.67 bits per heavy atom. The van der Waals surface area contributed by atoms with E-state index in [0.717, 1.165) is 0 Å². The van der Waals surface area contributed by atoms with Crippen molar-refractivity contribution in [3.63, 3.8) is 0 Å². The minimum atomic E-state index is 0.527. The van der Waals surface area contributed by atoms with Crippen LogP contribution in [0.3, 0.4) is 0 Å². The fourth-order valence-corrected chi connectivity index (χ4v) is 1.08. The molecule has 0 saturated heterocycles. The number of hydrogen-bond donors (Lipinski definition) is 0. The van der Waals surface area contributed by atoms with Crippen molar-refractivity contribution in [2.24, 2.45) is 5.41 Å². The summed E-state index contributed by atoms with van der Waals surface area (Å²) >= 11 is 0. The van der Waals surface area contributed by atoms with Crippen LogP contribution < -0.4 is 0 Å². The Morgan fingerprint density at radius 1 is 1.22 bits per heavy atom. The van der Waals surface area contributed by atoms with Gasteiger partial charge in [0.05, 0.1) is 26.2 Å².